The molecule has 0 radical (unpaired) electrons. The van der Waals surface area contributed by atoms with Gasteiger partial charge in [-0.15, -0.1) is 0 Å². The van der Waals surface area contributed by atoms with Gasteiger partial charge in [0.05, 0.1) is 11.3 Å². The zero-order chi connectivity index (χ0) is 21.4. The number of amides is 3. The van der Waals surface area contributed by atoms with Crippen molar-refractivity contribution < 1.29 is 19.1 Å². The van der Waals surface area contributed by atoms with Crippen molar-refractivity contribution >= 4 is 23.4 Å². The van der Waals surface area contributed by atoms with Crippen molar-refractivity contribution in [1.82, 2.24) is 10.2 Å². The van der Waals surface area contributed by atoms with E-state index >= 15 is 0 Å². The Morgan fingerprint density at radius 3 is 2.48 bits per heavy atom. The van der Waals surface area contributed by atoms with Gasteiger partial charge in [0.25, 0.3) is 11.8 Å². The molecule has 1 saturated heterocycles. The predicted octanol–water partition coefficient (Wildman–Crippen LogP) is 2.73. The third-order valence-corrected chi connectivity index (χ3v) is 6.39. The molecule has 0 aliphatic carbocycles. The number of carbonyl (C=O) groups excluding carboxylic acids is 3. The van der Waals surface area contributed by atoms with Crippen molar-refractivity contribution in [1.29, 1.82) is 0 Å². The molecule has 31 heavy (non-hydrogen) atoms. The number of ether oxygens (including phenoxy) is 1. The van der Waals surface area contributed by atoms with Gasteiger partial charge in [-0.1, -0.05) is 30.3 Å². The molecule has 2 aromatic rings. The molecule has 1 N–H and O–H groups in total. The van der Waals surface area contributed by atoms with Crippen molar-refractivity contribution in [2.24, 2.45) is 5.92 Å². The lowest BCUT2D eigenvalue weighted by molar-refractivity contribution is -0.121. The van der Waals surface area contributed by atoms with Crippen molar-refractivity contribution in [3.05, 3.63) is 65.2 Å². The number of rotatable bonds is 5. The van der Waals surface area contributed by atoms with Gasteiger partial charge in [-0.25, -0.2) is 0 Å². The summed E-state index contributed by atoms with van der Waals surface area (Å²) in [5, 5.41) is 3.00. The van der Waals surface area contributed by atoms with Crippen molar-refractivity contribution in [3.8, 4) is 0 Å². The maximum atomic E-state index is 13.3. The van der Waals surface area contributed by atoms with Crippen LogP contribution in [-0.4, -0.2) is 48.9 Å². The monoisotopic (exact) mass is 419 g/mol. The zero-order valence-corrected chi connectivity index (χ0v) is 17.3. The Kier molecular flexibility index (Phi) is 5.19. The molecule has 2 aromatic carbocycles. The second-order valence-corrected chi connectivity index (χ2v) is 8.26. The molecule has 160 valence electrons. The number of hydrogen-bond donors (Lipinski definition) is 1. The van der Waals surface area contributed by atoms with Crippen molar-refractivity contribution in [2.75, 3.05) is 31.2 Å². The molecule has 3 heterocycles. The standard InChI is InChI=1S/C24H25N3O4/c28-21(25-15-16-10-13-31-14-11-16)9-12-26-22-17-5-1-2-6-18(17)24(30)27(22)20-8-4-3-7-19(20)23(26)29/h1-8,16,22H,9-15H2,(H,25,28). The van der Waals surface area contributed by atoms with Gasteiger partial charge < -0.3 is 15.0 Å². The second kappa shape index (κ2) is 8.15. The van der Waals surface area contributed by atoms with E-state index in [-0.39, 0.29) is 30.7 Å². The molecule has 7 nitrogen and oxygen atoms in total. The van der Waals surface area contributed by atoms with E-state index in [4.69, 9.17) is 4.74 Å². The quantitative estimate of drug-likeness (QED) is 0.808. The molecular formula is C24H25N3O4. The fourth-order valence-electron chi connectivity index (χ4n) is 4.72. The van der Waals surface area contributed by atoms with Gasteiger partial charge in [0.15, 0.2) is 0 Å². The van der Waals surface area contributed by atoms with E-state index in [1.165, 1.54) is 0 Å². The highest BCUT2D eigenvalue weighted by molar-refractivity contribution is 6.16. The zero-order valence-electron chi connectivity index (χ0n) is 17.3. The molecule has 0 bridgehead atoms. The Morgan fingerprint density at radius 1 is 0.968 bits per heavy atom. The number of nitrogens with zero attached hydrogens (tertiary/aromatic N) is 2. The Morgan fingerprint density at radius 2 is 1.68 bits per heavy atom. The molecule has 1 fully saturated rings. The Balaban J connectivity index is 1.36. The lowest BCUT2D eigenvalue weighted by Gasteiger charge is -2.40. The summed E-state index contributed by atoms with van der Waals surface area (Å²) in [5.74, 6) is 0.0893. The van der Waals surface area contributed by atoms with Gasteiger partial charge in [0.2, 0.25) is 5.91 Å². The fourth-order valence-corrected chi connectivity index (χ4v) is 4.72. The smallest absolute Gasteiger partial charge is 0.260 e. The number of para-hydroxylation sites is 1. The summed E-state index contributed by atoms with van der Waals surface area (Å²) in [5.41, 5.74) is 2.52. The largest absolute Gasteiger partial charge is 0.381 e. The van der Waals surface area contributed by atoms with Gasteiger partial charge >= 0.3 is 0 Å². The number of nitrogens with one attached hydrogen (secondary N) is 1. The van der Waals surface area contributed by atoms with Crippen LogP contribution in [0.15, 0.2) is 48.5 Å². The number of fused-ring (bicyclic) bond motifs is 5. The van der Waals surface area contributed by atoms with Crippen molar-refractivity contribution in [2.45, 2.75) is 25.4 Å². The van der Waals surface area contributed by atoms with Crippen LogP contribution in [0.1, 0.15) is 51.7 Å². The van der Waals surface area contributed by atoms with Crippen LogP contribution in [0, 0.1) is 5.92 Å². The van der Waals surface area contributed by atoms with Crippen LogP contribution < -0.4 is 10.2 Å². The molecule has 3 aliphatic heterocycles. The number of anilines is 1. The van der Waals surface area contributed by atoms with Crippen LogP contribution in [0.4, 0.5) is 5.69 Å². The third-order valence-electron chi connectivity index (χ3n) is 6.39. The average Bonchev–Trinajstić information content (AvgIpc) is 3.11. The fraction of sp³-hybridized carbons (Fsp3) is 0.375. The summed E-state index contributed by atoms with van der Waals surface area (Å²) in [6.07, 6.45) is 1.59. The Bertz CT molecular complexity index is 1030. The first-order valence-electron chi connectivity index (χ1n) is 10.8. The second-order valence-electron chi connectivity index (χ2n) is 8.26. The third kappa shape index (κ3) is 3.49. The SMILES string of the molecule is O=C(CCN1C(=O)c2ccccc2N2C(=O)c3ccccc3C12)NCC1CCOCC1. The molecule has 0 aromatic heterocycles. The van der Waals surface area contributed by atoms with E-state index in [1.807, 2.05) is 30.3 Å². The number of benzene rings is 2. The molecule has 1 unspecified atom stereocenters. The summed E-state index contributed by atoms with van der Waals surface area (Å²) in [7, 11) is 0. The molecule has 3 amide bonds. The minimum absolute atomic E-state index is 0.0812. The highest BCUT2D eigenvalue weighted by Gasteiger charge is 2.47. The lowest BCUT2D eigenvalue weighted by atomic mass is 10.0. The van der Waals surface area contributed by atoms with Gasteiger partial charge in [0.1, 0.15) is 6.17 Å². The average molecular weight is 419 g/mol. The highest BCUT2D eigenvalue weighted by Crippen LogP contribution is 2.45. The van der Waals surface area contributed by atoms with Crippen LogP contribution in [0.5, 0.6) is 0 Å². The first kappa shape index (κ1) is 19.8. The van der Waals surface area contributed by atoms with Crippen LogP contribution in [0.3, 0.4) is 0 Å². The van der Waals surface area contributed by atoms with Gasteiger partial charge in [-0.2, -0.15) is 0 Å². The first-order chi connectivity index (χ1) is 15.1. The molecular weight excluding hydrogens is 394 g/mol. The maximum Gasteiger partial charge on any atom is 0.260 e. The minimum atomic E-state index is -0.519. The normalized spacial score (nSPS) is 20.3. The maximum absolute atomic E-state index is 13.3. The van der Waals surface area contributed by atoms with Crippen LogP contribution in [0.2, 0.25) is 0 Å². The van der Waals surface area contributed by atoms with Crippen LogP contribution in [-0.2, 0) is 9.53 Å². The highest BCUT2D eigenvalue weighted by atomic mass is 16.5. The summed E-state index contributed by atoms with van der Waals surface area (Å²) in [6.45, 7) is 2.37. The van der Waals surface area contributed by atoms with E-state index in [1.54, 1.807) is 28.0 Å². The van der Waals surface area contributed by atoms with E-state index in [0.717, 1.165) is 31.6 Å². The summed E-state index contributed by atoms with van der Waals surface area (Å²) in [4.78, 5) is 42.4. The molecule has 0 saturated carbocycles. The molecule has 1 atom stereocenters. The van der Waals surface area contributed by atoms with Gasteiger partial charge in [-0.05, 0) is 37.0 Å². The van der Waals surface area contributed by atoms with E-state index in [9.17, 15) is 14.4 Å². The van der Waals surface area contributed by atoms with Gasteiger partial charge in [-0.3, -0.25) is 19.3 Å². The van der Waals surface area contributed by atoms with E-state index in [0.29, 0.717) is 29.3 Å². The predicted molar refractivity (Wildman–Crippen MR) is 115 cm³/mol. The number of carbonyl (C=O) groups is 3. The van der Waals surface area contributed by atoms with E-state index in [2.05, 4.69) is 5.32 Å². The molecule has 7 heteroatoms. The topological polar surface area (TPSA) is 79.0 Å². The minimum Gasteiger partial charge on any atom is -0.381 e. The summed E-state index contributed by atoms with van der Waals surface area (Å²) < 4.78 is 5.36. The Labute approximate surface area is 181 Å². The molecule has 0 spiro atoms. The van der Waals surface area contributed by atoms with Gasteiger partial charge in [0, 0.05) is 43.9 Å². The van der Waals surface area contributed by atoms with E-state index < -0.39 is 6.17 Å². The number of hydrogen-bond acceptors (Lipinski definition) is 4. The Hall–Kier alpha value is -3.19. The summed E-state index contributed by atoms with van der Waals surface area (Å²) >= 11 is 0. The lowest BCUT2D eigenvalue weighted by Crippen LogP contribution is -2.49. The van der Waals surface area contributed by atoms with Crippen LogP contribution >= 0.6 is 0 Å². The molecule has 5 rings (SSSR count). The van der Waals surface area contributed by atoms with Crippen molar-refractivity contribution in [3.63, 3.8) is 0 Å². The van der Waals surface area contributed by atoms with Crippen LogP contribution in [0.25, 0.3) is 0 Å². The molecule has 3 aliphatic rings. The first-order valence-corrected chi connectivity index (χ1v) is 10.8. The summed E-state index contributed by atoms with van der Waals surface area (Å²) in [6, 6.07) is 14.6.